The maximum absolute atomic E-state index is 11.4. The number of carbonyl (C=O) groups is 1. The summed E-state index contributed by atoms with van der Waals surface area (Å²) in [4.78, 5) is 11.4. The maximum Gasteiger partial charge on any atom is 0.407 e. The zero-order valence-electron chi connectivity index (χ0n) is 13.4. The van der Waals surface area contributed by atoms with Crippen molar-refractivity contribution in [2.75, 3.05) is 13.7 Å². The summed E-state index contributed by atoms with van der Waals surface area (Å²) in [5.41, 5.74) is 0.820. The Morgan fingerprint density at radius 1 is 1.24 bits per heavy atom. The lowest BCUT2D eigenvalue weighted by Crippen LogP contribution is -2.33. The number of methoxy groups -OCH3 is 1. The Morgan fingerprint density at radius 3 is 2.48 bits per heavy atom. The molecule has 0 aliphatic rings. The minimum Gasteiger partial charge on any atom is -0.497 e. The average Bonchev–Trinajstić information content (AvgIpc) is 2.41. The van der Waals surface area contributed by atoms with Gasteiger partial charge >= 0.3 is 6.09 Å². The minimum atomic E-state index is -0.440. The molecule has 0 spiro atoms. The Kier molecular flexibility index (Phi) is 7.06. The first kappa shape index (κ1) is 17.3. The molecule has 1 amide bonds. The van der Waals surface area contributed by atoms with E-state index in [0.29, 0.717) is 6.54 Å². The van der Waals surface area contributed by atoms with Crippen molar-refractivity contribution in [1.29, 1.82) is 0 Å². The van der Waals surface area contributed by atoms with Crippen molar-refractivity contribution >= 4 is 6.09 Å². The van der Waals surface area contributed by atoms with Crippen LogP contribution in [0.2, 0.25) is 0 Å². The van der Waals surface area contributed by atoms with E-state index in [9.17, 15) is 4.79 Å². The Hall–Kier alpha value is -1.71. The van der Waals surface area contributed by atoms with Crippen LogP contribution in [-0.4, -0.2) is 25.3 Å². The molecule has 1 N–H and O–H groups in total. The fraction of sp³-hybridized carbons (Fsp3) is 0.529. The number of carbonyl (C=O) groups excluding carboxylic acids is 1. The summed E-state index contributed by atoms with van der Waals surface area (Å²) in [6, 6.07) is 8.06. The van der Waals surface area contributed by atoms with Crippen LogP contribution in [0.5, 0.6) is 5.75 Å². The highest BCUT2D eigenvalue weighted by Crippen LogP contribution is 2.13. The molecule has 0 aliphatic heterocycles. The van der Waals surface area contributed by atoms with E-state index in [1.54, 1.807) is 7.11 Å². The van der Waals surface area contributed by atoms with E-state index in [4.69, 9.17) is 9.47 Å². The van der Waals surface area contributed by atoms with Gasteiger partial charge in [-0.25, -0.2) is 4.79 Å². The number of benzene rings is 1. The van der Waals surface area contributed by atoms with E-state index in [1.165, 1.54) is 5.56 Å². The summed E-state index contributed by atoms with van der Waals surface area (Å²) in [5.74, 6) is 0.875. The normalized spacial score (nSPS) is 11.0. The van der Waals surface area contributed by atoms with E-state index < -0.39 is 5.60 Å². The van der Waals surface area contributed by atoms with Crippen LogP contribution in [0.25, 0.3) is 0 Å². The second-order valence-electron chi connectivity index (χ2n) is 5.91. The molecule has 0 saturated heterocycles. The smallest absolute Gasteiger partial charge is 0.407 e. The topological polar surface area (TPSA) is 47.6 Å². The summed E-state index contributed by atoms with van der Waals surface area (Å²) < 4.78 is 10.3. The molecule has 0 fully saturated rings. The van der Waals surface area contributed by atoms with E-state index >= 15 is 0 Å². The van der Waals surface area contributed by atoms with Gasteiger partial charge in [-0.1, -0.05) is 12.1 Å². The second-order valence-corrected chi connectivity index (χ2v) is 5.91. The molecule has 117 valence electrons. The van der Waals surface area contributed by atoms with Gasteiger partial charge in [0, 0.05) is 6.54 Å². The molecule has 4 nitrogen and oxygen atoms in total. The van der Waals surface area contributed by atoms with Gasteiger partial charge < -0.3 is 14.8 Å². The van der Waals surface area contributed by atoms with Gasteiger partial charge in [0.15, 0.2) is 0 Å². The van der Waals surface area contributed by atoms with E-state index in [1.807, 2.05) is 32.9 Å². The monoisotopic (exact) mass is 292 g/mol. The van der Waals surface area contributed by atoms with Gasteiger partial charge in [-0.05, 0) is 64.2 Å². The molecule has 1 radical (unpaired) electrons. The van der Waals surface area contributed by atoms with Crippen LogP contribution in [0.3, 0.4) is 0 Å². The third kappa shape index (κ3) is 8.23. The van der Waals surface area contributed by atoms with Crippen LogP contribution in [0.1, 0.15) is 39.2 Å². The van der Waals surface area contributed by atoms with Crippen molar-refractivity contribution in [3.63, 3.8) is 0 Å². The quantitative estimate of drug-likeness (QED) is 0.779. The molecule has 21 heavy (non-hydrogen) atoms. The Balaban J connectivity index is 2.07. The fourth-order valence-corrected chi connectivity index (χ4v) is 1.78. The number of hydrogen-bond donors (Lipinski definition) is 1. The first-order valence-corrected chi connectivity index (χ1v) is 7.32. The van der Waals surface area contributed by atoms with E-state index in [2.05, 4.69) is 23.9 Å². The molecule has 0 atom stereocenters. The number of nitrogens with one attached hydrogen (secondary N) is 1. The second kappa shape index (κ2) is 8.55. The molecule has 0 aromatic heterocycles. The third-order valence-electron chi connectivity index (χ3n) is 2.79. The maximum atomic E-state index is 11.4. The first-order chi connectivity index (χ1) is 9.90. The largest absolute Gasteiger partial charge is 0.497 e. The van der Waals surface area contributed by atoms with Gasteiger partial charge in [-0.2, -0.15) is 0 Å². The predicted octanol–water partition coefficient (Wildman–Crippen LogP) is 3.75. The van der Waals surface area contributed by atoms with Crippen LogP contribution >= 0.6 is 0 Å². The number of alkyl carbamates (subject to hydrolysis) is 1. The van der Waals surface area contributed by atoms with Gasteiger partial charge in [-0.3, -0.25) is 0 Å². The molecular formula is C17H26NO3. The number of amides is 1. The third-order valence-corrected chi connectivity index (χ3v) is 2.79. The van der Waals surface area contributed by atoms with Crippen LogP contribution in [0, 0.1) is 6.42 Å². The van der Waals surface area contributed by atoms with Crippen molar-refractivity contribution in [2.24, 2.45) is 0 Å². The molecule has 0 unspecified atom stereocenters. The van der Waals surface area contributed by atoms with Crippen LogP contribution < -0.4 is 10.1 Å². The van der Waals surface area contributed by atoms with Crippen molar-refractivity contribution in [3.05, 3.63) is 36.2 Å². The SMILES string of the molecule is COc1ccc(C[CH]CCCNC(=O)OC(C)(C)C)cc1. The molecule has 0 saturated carbocycles. The molecule has 0 aliphatic carbocycles. The Bertz CT molecular complexity index is 421. The Labute approximate surface area is 127 Å². The van der Waals surface area contributed by atoms with Gasteiger partial charge in [-0.15, -0.1) is 0 Å². The number of unbranched alkanes of at least 4 members (excludes halogenated alkanes) is 2. The summed E-state index contributed by atoms with van der Waals surface area (Å²) in [5, 5.41) is 2.76. The van der Waals surface area contributed by atoms with Crippen molar-refractivity contribution < 1.29 is 14.3 Å². The molecule has 1 rings (SSSR count). The number of hydrogen-bond acceptors (Lipinski definition) is 3. The molecule has 1 aromatic carbocycles. The highest BCUT2D eigenvalue weighted by Gasteiger charge is 2.15. The Morgan fingerprint density at radius 2 is 1.90 bits per heavy atom. The van der Waals surface area contributed by atoms with Crippen LogP contribution in [0.15, 0.2) is 24.3 Å². The minimum absolute atomic E-state index is 0.349. The van der Waals surface area contributed by atoms with Crippen molar-refractivity contribution in [3.8, 4) is 5.75 Å². The lowest BCUT2D eigenvalue weighted by atomic mass is 10.1. The van der Waals surface area contributed by atoms with Crippen LogP contribution in [0.4, 0.5) is 4.79 Å². The zero-order chi connectivity index (χ0) is 15.7. The number of ether oxygens (including phenoxy) is 2. The number of rotatable bonds is 7. The highest BCUT2D eigenvalue weighted by molar-refractivity contribution is 5.67. The van der Waals surface area contributed by atoms with E-state index in [-0.39, 0.29) is 6.09 Å². The van der Waals surface area contributed by atoms with Gasteiger partial charge in [0.1, 0.15) is 11.4 Å². The molecule has 0 bridgehead atoms. The molecule has 4 heteroatoms. The molecular weight excluding hydrogens is 266 g/mol. The fourth-order valence-electron chi connectivity index (χ4n) is 1.78. The van der Waals surface area contributed by atoms with Gasteiger partial charge in [0.05, 0.1) is 7.11 Å². The predicted molar refractivity (Wildman–Crippen MR) is 84.5 cm³/mol. The average molecular weight is 292 g/mol. The lowest BCUT2D eigenvalue weighted by molar-refractivity contribution is 0.0527. The first-order valence-electron chi connectivity index (χ1n) is 7.32. The standard InChI is InChI=1S/C17H26NO3/c1-17(2,3)21-16(19)18-13-7-5-6-8-14-9-11-15(20-4)12-10-14/h6,9-12H,5,7-8,13H2,1-4H3,(H,18,19). The summed E-state index contributed by atoms with van der Waals surface area (Å²) in [6.07, 6.45) is 4.67. The zero-order valence-corrected chi connectivity index (χ0v) is 13.4. The van der Waals surface area contributed by atoms with Gasteiger partial charge in [0.2, 0.25) is 0 Å². The summed E-state index contributed by atoms with van der Waals surface area (Å²) >= 11 is 0. The van der Waals surface area contributed by atoms with Crippen molar-refractivity contribution in [2.45, 2.75) is 45.6 Å². The molecule has 0 heterocycles. The van der Waals surface area contributed by atoms with Crippen LogP contribution in [-0.2, 0) is 11.2 Å². The lowest BCUT2D eigenvalue weighted by Gasteiger charge is -2.19. The van der Waals surface area contributed by atoms with Crippen molar-refractivity contribution in [1.82, 2.24) is 5.32 Å². The summed E-state index contributed by atoms with van der Waals surface area (Å²) in [6.45, 7) is 6.20. The summed E-state index contributed by atoms with van der Waals surface area (Å²) in [7, 11) is 1.67. The van der Waals surface area contributed by atoms with Gasteiger partial charge in [0.25, 0.3) is 0 Å². The van der Waals surface area contributed by atoms with E-state index in [0.717, 1.165) is 25.0 Å². The highest BCUT2D eigenvalue weighted by atomic mass is 16.6. The molecule has 1 aromatic rings.